The number of para-hydroxylation sites is 1. The molecule has 0 aliphatic carbocycles. The molecule has 1 heterocycles. The number of aromatic carboxylic acids is 1. The van der Waals surface area contributed by atoms with Gasteiger partial charge in [0.1, 0.15) is 11.3 Å². The molecular weight excluding hydrogens is 302 g/mol. The zero-order chi connectivity index (χ0) is 16.7. The van der Waals surface area contributed by atoms with Crippen LogP contribution < -0.4 is 0 Å². The van der Waals surface area contributed by atoms with Crippen molar-refractivity contribution in [1.82, 2.24) is 4.98 Å². The minimum atomic E-state index is -1.17. The van der Waals surface area contributed by atoms with Gasteiger partial charge in [-0.25, -0.2) is 9.78 Å². The average Bonchev–Trinajstić information content (AvgIpc) is 2.60. The summed E-state index contributed by atoms with van der Waals surface area (Å²) >= 11 is 0. The normalized spacial score (nSPS) is 11.0. The molecule has 24 heavy (non-hydrogen) atoms. The molecule has 0 aliphatic heterocycles. The van der Waals surface area contributed by atoms with Gasteiger partial charge in [0, 0.05) is 10.9 Å². The Bertz CT molecular complexity index is 1100. The Kier molecular flexibility index (Phi) is 3.17. The van der Waals surface area contributed by atoms with E-state index in [2.05, 4.69) is 4.98 Å². The van der Waals surface area contributed by atoms with Crippen LogP contribution in [0.3, 0.4) is 0 Å². The van der Waals surface area contributed by atoms with Crippen molar-refractivity contribution < 1.29 is 15.0 Å². The van der Waals surface area contributed by atoms with Gasteiger partial charge in [-0.05, 0) is 16.8 Å². The summed E-state index contributed by atoms with van der Waals surface area (Å²) in [5, 5.41) is 22.5. The molecule has 0 bridgehead atoms. The molecule has 0 saturated carbocycles. The summed E-state index contributed by atoms with van der Waals surface area (Å²) in [6.45, 7) is 0. The summed E-state index contributed by atoms with van der Waals surface area (Å²) in [6.07, 6.45) is 0. The van der Waals surface area contributed by atoms with E-state index < -0.39 is 5.97 Å². The van der Waals surface area contributed by atoms with Crippen LogP contribution in [0.2, 0.25) is 0 Å². The van der Waals surface area contributed by atoms with Gasteiger partial charge in [-0.3, -0.25) is 0 Å². The molecule has 0 saturated heterocycles. The van der Waals surface area contributed by atoms with Crippen molar-refractivity contribution in [3.63, 3.8) is 0 Å². The molecule has 0 radical (unpaired) electrons. The molecule has 4 aromatic rings. The minimum Gasteiger partial charge on any atom is -0.505 e. The van der Waals surface area contributed by atoms with Crippen LogP contribution in [0.1, 0.15) is 10.4 Å². The van der Waals surface area contributed by atoms with Crippen LogP contribution in [0.15, 0.2) is 66.7 Å². The largest absolute Gasteiger partial charge is 0.505 e. The summed E-state index contributed by atoms with van der Waals surface area (Å²) in [4.78, 5) is 16.2. The fourth-order valence-corrected chi connectivity index (χ4v) is 3.04. The van der Waals surface area contributed by atoms with Crippen LogP contribution in [0.4, 0.5) is 0 Å². The van der Waals surface area contributed by atoms with E-state index in [1.165, 1.54) is 0 Å². The molecule has 0 aliphatic rings. The highest BCUT2D eigenvalue weighted by Gasteiger charge is 2.21. The summed E-state index contributed by atoms with van der Waals surface area (Å²) in [5.74, 6) is -1.48. The van der Waals surface area contributed by atoms with Crippen molar-refractivity contribution in [2.75, 3.05) is 0 Å². The third-order valence-corrected chi connectivity index (χ3v) is 4.13. The highest BCUT2D eigenvalue weighted by atomic mass is 16.4. The topological polar surface area (TPSA) is 70.4 Å². The lowest BCUT2D eigenvalue weighted by Crippen LogP contribution is -2.01. The van der Waals surface area contributed by atoms with Crippen LogP contribution >= 0.6 is 0 Å². The third-order valence-electron chi connectivity index (χ3n) is 4.13. The molecule has 3 aromatic carbocycles. The molecule has 0 unspecified atom stereocenters. The molecular formula is C20H13NO3. The maximum Gasteiger partial charge on any atom is 0.340 e. The summed E-state index contributed by atoms with van der Waals surface area (Å²) in [7, 11) is 0. The lowest BCUT2D eigenvalue weighted by atomic mass is 9.98. The number of carboxylic acids is 1. The van der Waals surface area contributed by atoms with Crippen LogP contribution in [0.5, 0.6) is 5.75 Å². The first-order valence-corrected chi connectivity index (χ1v) is 7.50. The van der Waals surface area contributed by atoms with Gasteiger partial charge in [0.25, 0.3) is 0 Å². The number of pyridine rings is 1. The lowest BCUT2D eigenvalue weighted by molar-refractivity contribution is 0.0696. The van der Waals surface area contributed by atoms with E-state index in [-0.39, 0.29) is 17.0 Å². The fourth-order valence-electron chi connectivity index (χ4n) is 3.04. The van der Waals surface area contributed by atoms with E-state index in [4.69, 9.17) is 0 Å². The van der Waals surface area contributed by atoms with Gasteiger partial charge in [-0.2, -0.15) is 0 Å². The smallest absolute Gasteiger partial charge is 0.340 e. The van der Waals surface area contributed by atoms with Crippen LogP contribution in [0.25, 0.3) is 32.9 Å². The lowest BCUT2D eigenvalue weighted by Gasteiger charge is -2.12. The summed E-state index contributed by atoms with van der Waals surface area (Å²) in [5.41, 5.74) is 1.40. The zero-order valence-corrected chi connectivity index (χ0v) is 12.6. The first kappa shape index (κ1) is 14.2. The molecule has 116 valence electrons. The van der Waals surface area contributed by atoms with E-state index in [1.54, 1.807) is 24.3 Å². The SMILES string of the molecule is O=C(O)c1c(O)c(-c2cccc3ccccc23)nc2ccccc12. The second kappa shape index (κ2) is 5.35. The van der Waals surface area contributed by atoms with Crippen LogP contribution in [-0.4, -0.2) is 21.2 Å². The monoisotopic (exact) mass is 315 g/mol. The highest BCUT2D eigenvalue weighted by Crippen LogP contribution is 2.38. The number of aromatic nitrogens is 1. The number of nitrogens with zero attached hydrogens (tertiary/aromatic N) is 1. The number of fused-ring (bicyclic) bond motifs is 2. The van der Waals surface area contributed by atoms with Crippen molar-refractivity contribution in [2.45, 2.75) is 0 Å². The van der Waals surface area contributed by atoms with Gasteiger partial charge in [-0.15, -0.1) is 0 Å². The average molecular weight is 315 g/mol. The first-order valence-electron chi connectivity index (χ1n) is 7.50. The number of benzene rings is 3. The van der Waals surface area contributed by atoms with Crippen LogP contribution in [0, 0.1) is 0 Å². The number of hydrogen-bond acceptors (Lipinski definition) is 3. The number of carboxylic acid groups (broad SMARTS) is 1. The Morgan fingerprint density at radius 1 is 0.833 bits per heavy atom. The maximum atomic E-state index is 11.7. The quantitative estimate of drug-likeness (QED) is 0.573. The molecule has 0 atom stereocenters. The van der Waals surface area contributed by atoms with Gasteiger partial charge in [-0.1, -0.05) is 60.7 Å². The van der Waals surface area contributed by atoms with Crippen molar-refractivity contribution >= 4 is 27.6 Å². The first-order chi connectivity index (χ1) is 11.7. The number of hydrogen-bond donors (Lipinski definition) is 2. The van der Waals surface area contributed by atoms with Gasteiger partial charge >= 0.3 is 5.97 Å². The molecule has 4 nitrogen and oxygen atoms in total. The van der Waals surface area contributed by atoms with Gasteiger partial charge in [0.2, 0.25) is 0 Å². The second-order valence-corrected chi connectivity index (χ2v) is 5.53. The van der Waals surface area contributed by atoms with E-state index >= 15 is 0 Å². The van der Waals surface area contributed by atoms with Crippen molar-refractivity contribution in [2.24, 2.45) is 0 Å². The third kappa shape index (κ3) is 2.08. The molecule has 4 heteroatoms. The molecule has 0 amide bonds. The van der Waals surface area contributed by atoms with Crippen LogP contribution in [-0.2, 0) is 0 Å². The van der Waals surface area contributed by atoms with E-state index in [0.717, 1.165) is 10.8 Å². The fraction of sp³-hybridized carbons (Fsp3) is 0. The minimum absolute atomic E-state index is 0.122. The predicted octanol–water partition coefficient (Wildman–Crippen LogP) is 4.46. The van der Waals surface area contributed by atoms with E-state index in [1.807, 2.05) is 42.5 Å². The molecule has 2 N–H and O–H groups in total. The second-order valence-electron chi connectivity index (χ2n) is 5.53. The highest BCUT2D eigenvalue weighted by molar-refractivity contribution is 6.08. The Hall–Kier alpha value is -3.40. The summed E-state index contributed by atoms with van der Waals surface area (Å²) in [6, 6.07) is 20.3. The number of rotatable bonds is 2. The molecule has 1 aromatic heterocycles. The van der Waals surface area contributed by atoms with Crippen molar-refractivity contribution in [1.29, 1.82) is 0 Å². The van der Waals surface area contributed by atoms with Crippen molar-refractivity contribution in [3.8, 4) is 17.0 Å². The molecule has 0 fully saturated rings. The van der Waals surface area contributed by atoms with E-state index in [0.29, 0.717) is 16.5 Å². The van der Waals surface area contributed by atoms with E-state index in [9.17, 15) is 15.0 Å². The number of carbonyl (C=O) groups is 1. The number of aromatic hydroxyl groups is 1. The molecule has 4 rings (SSSR count). The van der Waals surface area contributed by atoms with Gasteiger partial charge in [0.05, 0.1) is 5.52 Å². The Morgan fingerprint density at radius 2 is 1.50 bits per heavy atom. The van der Waals surface area contributed by atoms with Gasteiger partial charge < -0.3 is 10.2 Å². The predicted molar refractivity (Wildman–Crippen MR) is 93.3 cm³/mol. The maximum absolute atomic E-state index is 11.7. The molecule has 0 spiro atoms. The van der Waals surface area contributed by atoms with Crippen molar-refractivity contribution in [3.05, 3.63) is 72.3 Å². The van der Waals surface area contributed by atoms with Gasteiger partial charge in [0.15, 0.2) is 5.75 Å². The Balaban J connectivity index is 2.14. The zero-order valence-electron chi connectivity index (χ0n) is 12.6. The standard InChI is InChI=1S/C20H13NO3/c22-19-17(20(23)24)15-9-3-4-11-16(15)21-18(19)14-10-5-7-12-6-1-2-8-13(12)14/h1-11,22H,(H,23,24). The Labute approximate surface area is 137 Å². The summed E-state index contributed by atoms with van der Waals surface area (Å²) < 4.78 is 0. The Morgan fingerprint density at radius 3 is 2.29 bits per heavy atom.